The fourth-order valence-electron chi connectivity index (χ4n) is 2.63. The molecule has 0 amide bonds. The van der Waals surface area contributed by atoms with Crippen molar-refractivity contribution in [1.82, 2.24) is 20.2 Å². The topological polar surface area (TPSA) is 83.7 Å². The van der Waals surface area contributed by atoms with Crippen molar-refractivity contribution in [3.63, 3.8) is 0 Å². The number of nitrogens with one attached hydrogen (secondary N) is 1. The molecule has 2 heterocycles. The molecular weight excluding hydrogens is 300 g/mol. The number of aromatic nitrogens is 4. The molecule has 0 saturated heterocycles. The van der Waals surface area contributed by atoms with Gasteiger partial charge in [0.2, 0.25) is 5.95 Å². The molecule has 0 aliphatic heterocycles. The number of nitrogen functional groups attached to an aromatic ring is 1. The van der Waals surface area contributed by atoms with Crippen molar-refractivity contribution in [2.45, 2.75) is 0 Å². The van der Waals surface area contributed by atoms with E-state index in [1.807, 2.05) is 72.9 Å². The van der Waals surface area contributed by atoms with Crippen molar-refractivity contribution >= 4 is 28.4 Å². The highest BCUT2D eigenvalue weighted by Gasteiger charge is 2.08. The first kappa shape index (κ1) is 14.2. The molecule has 0 aliphatic carbocycles. The van der Waals surface area contributed by atoms with Crippen molar-refractivity contribution in [1.29, 1.82) is 0 Å². The van der Waals surface area contributed by atoms with Gasteiger partial charge in [0, 0.05) is 36.1 Å². The highest BCUT2D eigenvalue weighted by molar-refractivity contribution is 5.91. The number of fused-ring (bicyclic) bond motifs is 1. The Hall–Kier alpha value is -3.41. The van der Waals surface area contributed by atoms with Gasteiger partial charge in [-0.2, -0.15) is 5.10 Å². The van der Waals surface area contributed by atoms with Crippen LogP contribution in [0.5, 0.6) is 0 Å². The fourth-order valence-corrected chi connectivity index (χ4v) is 2.63. The van der Waals surface area contributed by atoms with Gasteiger partial charge in [-0.05, 0) is 29.8 Å². The number of hydrogen-bond acceptors (Lipinski definition) is 5. The molecule has 6 nitrogen and oxygen atoms in total. The molecule has 0 fully saturated rings. The van der Waals surface area contributed by atoms with Crippen LogP contribution >= 0.6 is 0 Å². The summed E-state index contributed by atoms with van der Waals surface area (Å²) in [5, 5.41) is 7.86. The third kappa shape index (κ3) is 2.44. The predicted octanol–water partition coefficient (Wildman–Crippen LogP) is 3.37. The van der Waals surface area contributed by atoms with Gasteiger partial charge in [-0.3, -0.25) is 5.10 Å². The number of benzene rings is 2. The monoisotopic (exact) mass is 316 g/mol. The van der Waals surface area contributed by atoms with Crippen LogP contribution < -0.4 is 10.6 Å². The van der Waals surface area contributed by atoms with Gasteiger partial charge in [-0.15, -0.1) is 0 Å². The van der Waals surface area contributed by atoms with E-state index in [1.165, 1.54) is 0 Å². The molecule has 0 saturated carbocycles. The Labute approximate surface area is 139 Å². The van der Waals surface area contributed by atoms with Crippen LogP contribution in [0.15, 0.2) is 60.9 Å². The van der Waals surface area contributed by atoms with Gasteiger partial charge in [0.1, 0.15) is 0 Å². The first-order valence-electron chi connectivity index (χ1n) is 7.57. The average molecular weight is 316 g/mol. The molecule has 4 rings (SSSR count). The second kappa shape index (κ2) is 5.66. The van der Waals surface area contributed by atoms with Crippen LogP contribution in [0.4, 0.5) is 17.5 Å². The van der Waals surface area contributed by atoms with Gasteiger partial charge < -0.3 is 10.6 Å². The second-order valence-corrected chi connectivity index (χ2v) is 5.54. The fraction of sp³-hybridized carbons (Fsp3) is 0.0556. The number of hydrogen-bond donors (Lipinski definition) is 2. The van der Waals surface area contributed by atoms with Gasteiger partial charge in [-0.1, -0.05) is 24.3 Å². The van der Waals surface area contributed by atoms with E-state index in [0.29, 0.717) is 11.8 Å². The molecule has 118 valence electrons. The summed E-state index contributed by atoms with van der Waals surface area (Å²) in [6, 6.07) is 16.0. The zero-order chi connectivity index (χ0) is 16.5. The number of H-pyrrole nitrogens is 1. The summed E-state index contributed by atoms with van der Waals surface area (Å²) in [4.78, 5) is 10.9. The van der Waals surface area contributed by atoms with Crippen LogP contribution in [0.3, 0.4) is 0 Å². The zero-order valence-corrected chi connectivity index (χ0v) is 13.1. The summed E-state index contributed by atoms with van der Waals surface area (Å²) in [5.74, 6) is 1.16. The van der Waals surface area contributed by atoms with E-state index >= 15 is 0 Å². The molecule has 0 unspecified atom stereocenters. The zero-order valence-electron chi connectivity index (χ0n) is 13.1. The Morgan fingerprint density at radius 3 is 2.46 bits per heavy atom. The van der Waals surface area contributed by atoms with Gasteiger partial charge >= 0.3 is 0 Å². The maximum atomic E-state index is 5.80. The molecule has 3 N–H and O–H groups in total. The van der Waals surface area contributed by atoms with Gasteiger partial charge in [0.15, 0.2) is 5.82 Å². The lowest BCUT2D eigenvalue weighted by Gasteiger charge is -2.16. The first-order chi connectivity index (χ1) is 11.7. The molecule has 0 spiro atoms. The maximum Gasteiger partial charge on any atom is 0.229 e. The van der Waals surface area contributed by atoms with Crippen LogP contribution in [0.1, 0.15) is 0 Å². The smallest absolute Gasteiger partial charge is 0.229 e. The normalized spacial score (nSPS) is 10.9. The van der Waals surface area contributed by atoms with Crippen molar-refractivity contribution < 1.29 is 0 Å². The molecule has 0 aliphatic rings. The minimum atomic E-state index is 0.507. The molecule has 2 aromatic carbocycles. The molecule has 6 heteroatoms. The maximum absolute atomic E-state index is 5.80. The van der Waals surface area contributed by atoms with E-state index in [4.69, 9.17) is 5.73 Å². The van der Waals surface area contributed by atoms with Crippen LogP contribution in [0, 0.1) is 0 Å². The van der Waals surface area contributed by atoms with Crippen molar-refractivity contribution in [2.24, 2.45) is 0 Å². The largest absolute Gasteiger partial charge is 0.382 e. The Bertz CT molecular complexity index is 976. The third-order valence-electron chi connectivity index (χ3n) is 4.01. The van der Waals surface area contributed by atoms with Crippen LogP contribution in [0.25, 0.3) is 22.0 Å². The van der Waals surface area contributed by atoms with E-state index in [-0.39, 0.29) is 0 Å². The Morgan fingerprint density at radius 1 is 0.958 bits per heavy atom. The number of rotatable bonds is 3. The van der Waals surface area contributed by atoms with E-state index < -0.39 is 0 Å². The van der Waals surface area contributed by atoms with Crippen molar-refractivity contribution in [3.05, 3.63) is 60.9 Å². The van der Waals surface area contributed by atoms with Crippen LogP contribution in [-0.2, 0) is 0 Å². The Morgan fingerprint density at radius 2 is 1.71 bits per heavy atom. The Balaban J connectivity index is 1.65. The van der Waals surface area contributed by atoms with E-state index in [0.717, 1.165) is 27.7 Å². The second-order valence-electron chi connectivity index (χ2n) is 5.54. The summed E-state index contributed by atoms with van der Waals surface area (Å²) in [7, 11) is 1.95. The summed E-state index contributed by atoms with van der Waals surface area (Å²) in [5.41, 5.74) is 9.69. The van der Waals surface area contributed by atoms with E-state index in [2.05, 4.69) is 20.2 Å². The molecule has 24 heavy (non-hydrogen) atoms. The molecule has 0 radical (unpaired) electrons. The molecule has 2 aromatic heterocycles. The van der Waals surface area contributed by atoms with Crippen molar-refractivity contribution in [2.75, 3.05) is 17.7 Å². The average Bonchev–Trinajstić information content (AvgIpc) is 3.02. The number of para-hydroxylation sites is 1. The van der Waals surface area contributed by atoms with Crippen molar-refractivity contribution in [3.8, 4) is 11.1 Å². The quantitative estimate of drug-likeness (QED) is 0.605. The molecule has 0 atom stereocenters. The van der Waals surface area contributed by atoms with E-state index in [9.17, 15) is 0 Å². The summed E-state index contributed by atoms with van der Waals surface area (Å²) < 4.78 is 0. The minimum Gasteiger partial charge on any atom is -0.382 e. The SMILES string of the molecule is CN(c1ccccc1)c1ncc(-c2ccc3c(N)n[nH]c3c2)cn1. The Kier molecular flexibility index (Phi) is 3.35. The first-order valence-corrected chi connectivity index (χ1v) is 7.57. The predicted molar refractivity (Wildman–Crippen MR) is 96.0 cm³/mol. The van der Waals surface area contributed by atoms with Crippen LogP contribution in [0.2, 0.25) is 0 Å². The standard InChI is InChI=1S/C18H16N6/c1-24(14-5-3-2-4-6-14)18-20-10-13(11-21-18)12-7-8-15-16(9-12)22-23-17(15)19/h2-11H,1H3,(H3,19,22,23). The highest BCUT2D eigenvalue weighted by atomic mass is 15.2. The van der Waals surface area contributed by atoms with E-state index in [1.54, 1.807) is 0 Å². The van der Waals surface area contributed by atoms with Crippen LogP contribution in [-0.4, -0.2) is 27.2 Å². The third-order valence-corrected chi connectivity index (χ3v) is 4.01. The summed E-state index contributed by atoms with van der Waals surface area (Å²) in [6.07, 6.45) is 3.64. The summed E-state index contributed by atoms with van der Waals surface area (Å²) in [6.45, 7) is 0. The number of nitrogens with zero attached hydrogens (tertiary/aromatic N) is 4. The van der Waals surface area contributed by atoms with Gasteiger partial charge in [-0.25, -0.2) is 9.97 Å². The molecule has 0 bridgehead atoms. The molecule has 4 aromatic rings. The lowest BCUT2D eigenvalue weighted by molar-refractivity contribution is 1.04. The molecular formula is C18H16N6. The van der Waals surface area contributed by atoms with Gasteiger partial charge in [0.25, 0.3) is 0 Å². The number of aromatic amines is 1. The van der Waals surface area contributed by atoms with Gasteiger partial charge in [0.05, 0.1) is 5.52 Å². The number of anilines is 3. The minimum absolute atomic E-state index is 0.507. The lowest BCUT2D eigenvalue weighted by Crippen LogP contribution is -2.12. The lowest BCUT2D eigenvalue weighted by atomic mass is 10.1. The highest BCUT2D eigenvalue weighted by Crippen LogP contribution is 2.26. The summed E-state index contributed by atoms with van der Waals surface area (Å²) >= 11 is 0. The number of nitrogens with two attached hydrogens (primary N) is 1.